The van der Waals surface area contributed by atoms with Crippen LogP contribution in [0.25, 0.3) is 0 Å². The molecule has 4 heteroatoms. The van der Waals surface area contributed by atoms with E-state index in [2.05, 4.69) is 43.4 Å². The van der Waals surface area contributed by atoms with Crippen molar-refractivity contribution >= 4 is 5.91 Å². The van der Waals surface area contributed by atoms with Gasteiger partial charge >= 0.3 is 0 Å². The highest BCUT2D eigenvalue weighted by molar-refractivity contribution is 5.88. The molecule has 2 aromatic rings. The van der Waals surface area contributed by atoms with E-state index in [-0.39, 0.29) is 11.9 Å². The highest BCUT2D eigenvalue weighted by Crippen LogP contribution is 2.35. The van der Waals surface area contributed by atoms with Gasteiger partial charge in [-0.05, 0) is 35.4 Å². The first-order valence-corrected chi connectivity index (χ1v) is 9.80. The average Bonchev–Trinajstić information content (AvgIpc) is 2.73. The SMILES string of the molecule is CC(C)c1ccc(C(N)CNC(=O)C2(c3ccccc3)CCOCC2)cc1. The van der Waals surface area contributed by atoms with Gasteiger partial charge in [0.15, 0.2) is 0 Å². The number of hydrogen-bond donors (Lipinski definition) is 2. The summed E-state index contributed by atoms with van der Waals surface area (Å²) in [5.74, 6) is 0.542. The molecule has 0 spiro atoms. The maximum Gasteiger partial charge on any atom is 0.230 e. The lowest BCUT2D eigenvalue weighted by molar-refractivity contribution is -0.130. The summed E-state index contributed by atoms with van der Waals surface area (Å²) < 4.78 is 5.52. The number of hydrogen-bond acceptors (Lipinski definition) is 3. The van der Waals surface area contributed by atoms with Crippen molar-refractivity contribution < 1.29 is 9.53 Å². The van der Waals surface area contributed by atoms with E-state index in [0.29, 0.717) is 38.5 Å². The third-order valence-electron chi connectivity index (χ3n) is 5.62. The van der Waals surface area contributed by atoms with Gasteiger partial charge in [-0.3, -0.25) is 4.79 Å². The first kappa shape index (κ1) is 19.6. The van der Waals surface area contributed by atoms with Crippen LogP contribution in [0.5, 0.6) is 0 Å². The molecule has 27 heavy (non-hydrogen) atoms. The smallest absolute Gasteiger partial charge is 0.230 e. The largest absolute Gasteiger partial charge is 0.381 e. The van der Waals surface area contributed by atoms with E-state index in [1.807, 2.05) is 30.3 Å². The summed E-state index contributed by atoms with van der Waals surface area (Å²) in [5.41, 5.74) is 9.20. The van der Waals surface area contributed by atoms with Crippen LogP contribution in [0.4, 0.5) is 0 Å². The van der Waals surface area contributed by atoms with Crippen LogP contribution >= 0.6 is 0 Å². The van der Waals surface area contributed by atoms with Crippen LogP contribution in [0.15, 0.2) is 54.6 Å². The van der Waals surface area contributed by atoms with Gasteiger partial charge in [-0.1, -0.05) is 68.4 Å². The zero-order valence-electron chi connectivity index (χ0n) is 16.3. The second kappa shape index (κ2) is 8.68. The van der Waals surface area contributed by atoms with E-state index in [0.717, 1.165) is 11.1 Å². The lowest BCUT2D eigenvalue weighted by atomic mass is 9.73. The molecule has 0 radical (unpaired) electrons. The summed E-state index contributed by atoms with van der Waals surface area (Å²) in [4.78, 5) is 13.2. The number of ether oxygens (including phenoxy) is 1. The second-order valence-electron chi connectivity index (χ2n) is 7.70. The number of rotatable bonds is 6. The second-order valence-corrected chi connectivity index (χ2v) is 7.70. The topological polar surface area (TPSA) is 64.3 Å². The number of benzene rings is 2. The summed E-state index contributed by atoms with van der Waals surface area (Å²) in [6.45, 7) is 5.98. The highest BCUT2D eigenvalue weighted by Gasteiger charge is 2.41. The van der Waals surface area contributed by atoms with Crippen LogP contribution < -0.4 is 11.1 Å². The molecule has 4 nitrogen and oxygen atoms in total. The number of amides is 1. The molecule has 3 N–H and O–H groups in total. The van der Waals surface area contributed by atoms with E-state index in [9.17, 15) is 4.79 Å². The summed E-state index contributed by atoms with van der Waals surface area (Å²) in [5, 5.41) is 3.11. The van der Waals surface area contributed by atoms with Crippen LogP contribution in [0.1, 0.15) is 55.3 Å². The van der Waals surface area contributed by atoms with Crippen molar-refractivity contribution in [2.45, 2.75) is 44.1 Å². The van der Waals surface area contributed by atoms with Crippen molar-refractivity contribution in [2.75, 3.05) is 19.8 Å². The minimum Gasteiger partial charge on any atom is -0.381 e. The molecule has 1 unspecified atom stereocenters. The Hall–Kier alpha value is -2.17. The lowest BCUT2D eigenvalue weighted by Crippen LogP contribution is -2.49. The Balaban J connectivity index is 1.69. The Morgan fingerprint density at radius 2 is 1.63 bits per heavy atom. The molecule has 1 heterocycles. The molecule has 144 valence electrons. The fourth-order valence-corrected chi connectivity index (χ4v) is 3.74. The Morgan fingerprint density at radius 1 is 1.04 bits per heavy atom. The standard InChI is InChI=1S/C23H30N2O2/c1-17(2)18-8-10-19(11-9-18)21(24)16-25-22(26)23(12-14-27-15-13-23)20-6-4-3-5-7-20/h3-11,17,21H,12-16,24H2,1-2H3,(H,25,26). The molecule has 1 saturated heterocycles. The van der Waals surface area contributed by atoms with E-state index >= 15 is 0 Å². The predicted octanol–water partition coefficient (Wildman–Crippen LogP) is 3.67. The minimum atomic E-state index is -0.527. The van der Waals surface area contributed by atoms with Crippen molar-refractivity contribution in [3.63, 3.8) is 0 Å². The first-order valence-electron chi connectivity index (χ1n) is 9.80. The minimum absolute atomic E-state index is 0.0475. The third-order valence-corrected chi connectivity index (χ3v) is 5.62. The number of nitrogens with one attached hydrogen (secondary N) is 1. The fourth-order valence-electron chi connectivity index (χ4n) is 3.74. The Bertz CT molecular complexity index is 735. The Morgan fingerprint density at radius 3 is 2.22 bits per heavy atom. The molecule has 1 amide bonds. The Kier molecular flexibility index (Phi) is 6.30. The van der Waals surface area contributed by atoms with E-state index in [4.69, 9.17) is 10.5 Å². The molecular formula is C23H30N2O2. The lowest BCUT2D eigenvalue weighted by Gasteiger charge is -2.36. The predicted molar refractivity (Wildman–Crippen MR) is 109 cm³/mol. The van der Waals surface area contributed by atoms with Crippen molar-refractivity contribution in [3.05, 3.63) is 71.3 Å². The molecule has 0 bridgehead atoms. The molecular weight excluding hydrogens is 336 g/mol. The molecule has 1 atom stereocenters. The number of carbonyl (C=O) groups is 1. The summed E-state index contributed by atoms with van der Waals surface area (Å²) in [6, 6.07) is 18.2. The van der Waals surface area contributed by atoms with E-state index < -0.39 is 5.41 Å². The van der Waals surface area contributed by atoms with Crippen LogP contribution in [0.2, 0.25) is 0 Å². The maximum atomic E-state index is 13.2. The van der Waals surface area contributed by atoms with E-state index in [1.54, 1.807) is 0 Å². The van der Waals surface area contributed by atoms with Gasteiger partial charge in [-0.25, -0.2) is 0 Å². The number of carbonyl (C=O) groups excluding carboxylic acids is 1. The monoisotopic (exact) mass is 366 g/mol. The van der Waals surface area contributed by atoms with Gasteiger partial charge in [-0.2, -0.15) is 0 Å². The van der Waals surface area contributed by atoms with Crippen LogP contribution in [0.3, 0.4) is 0 Å². The third kappa shape index (κ3) is 4.40. The zero-order valence-corrected chi connectivity index (χ0v) is 16.3. The maximum absolute atomic E-state index is 13.2. The van der Waals surface area contributed by atoms with Gasteiger partial charge in [0.25, 0.3) is 0 Å². The normalized spacial score (nSPS) is 17.5. The van der Waals surface area contributed by atoms with Crippen molar-refractivity contribution in [1.29, 1.82) is 0 Å². The molecule has 1 aliphatic heterocycles. The van der Waals surface area contributed by atoms with Gasteiger partial charge in [0.2, 0.25) is 5.91 Å². The summed E-state index contributed by atoms with van der Waals surface area (Å²) in [6.07, 6.45) is 1.39. The summed E-state index contributed by atoms with van der Waals surface area (Å²) in [7, 11) is 0. The van der Waals surface area contributed by atoms with Crippen LogP contribution in [-0.4, -0.2) is 25.7 Å². The van der Waals surface area contributed by atoms with Crippen molar-refractivity contribution in [2.24, 2.45) is 5.73 Å². The van der Waals surface area contributed by atoms with Crippen molar-refractivity contribution in [1.82, 2.24) is 5.32 Å². The average molecular weight is 367 g/mol. The molecule has 0 aliphatic carbocycles. The molecule has 0 saturated carbocycles. The molecule has 3 rings (SSSR count). The first-order chi connectivity index (χ1) is 13.0. The molecule has 1 fully saturated rings. The van der Waals surface area contributed by atoms with Gasteiger partial charge in [0.1, 0.15) is 0 Å². The molecule has 0 aromatic heterocycles. The quantitative estimate of drug-likeness (QED) is 0.820. The van der Waals surface area contributed by atoms with Gasteiger partial charge in [0.05, 0.1) is 5.41 Å². The Labute approximate surface area is 162 Å². The molecule has 2 aromatic carbocycles. The summed E-state index contributed by atoms with van der Waals surface area (Å²) >= 11 is 0. The van der Waals surface area contributed by atoms with Gasteiger partial charge < -0.3 is 15.8 Å². The van der Waals surface area contributed by atoms with Crippen molar-refractivity contribution in [3.8, 4) is 0 Å². The molecule has 1 aliphatic rings. The number of nitrogens with two attached hydrogens (primary N) is 1. The zero-order chi connectivity index (χ0) is 19.3. The highest BCUT2D eigenvalue weighted by atomic mass is 16.5. The van der Waals surface area contributed by atoms with Gasteiger partial charge in [-0.15, -0.1) is 0 Å². The van der Waals surface area contributed by atoms with E-state index in [1.165, 1.54) is 5.56 Å². The van der Waals surface area contributed by atoms with Crippen LogP contribution in [0, 0.1) is 0 Å². The van der Waals surface area contributed by atoms with Gasteiger partial charge in [0, 0.05) is 25.8 Å². The van der Waals surface area contributed by atoms with Crippen LogP contribution in [-0.2, 0) is 14.9 Å². The fraction of sp³-hybridized carbons (Fsp3) is 0.435.